The molecule has 3 N–H and O–H groups in total. The number of ketones is 1. The number of carbonyl (C=O) groups is 1. The van der Waals surface area contributed by atoms with Crippen LogP contribution < -0.4 is 14.8 Å². The highest BCUT2D eigenvalue weighted by molar-refractivity contribution is 6.09. The number of H-pyrrole nitrogens is 1. The summed E-state index contributed by atoms with van der Waals surface area (Å²) in [6, 6.07) is 25.1. The summed E-state index contributed by atoms with van der Waals surface area (Å²) in [5.41, 5.74) is 2.65. The maximum Gasteiger partial charge on any atom is 0.226 e. The molecule has 3 aromatic carbocycles. The van der Waals surface area contributed by atoms with E-state index in [9.17, 15) is 4.79 Å². The van der Waals surface area contributed by atoms with Crippen molar-refractivity contribution in [3.63, 3.8) is 0 Å². The zero-order valence-electron chi connectivity index (χ0n) is 16.5. The minimum absolute atomic E-state index is 0.0794. The molecule has 2 atom stereocenters. The molecular formula is C25H23N2O3+. The SMILES string of the molecule is O=C(c1c[nH]c2ccccc12)[C@@H]([NH2+]C[C@@H]1COc2ccccc2O1)c1ccccc1. The number of ether oxygens (including phenoxy) is 2. The minimum atomic E-state index is -0.355. The molecule has 0 saturated carbocycles. The van der Waals surface area contributed by atoms with Crippen molar-refractivity contribution in [1.82, 2.24) is 4.98 Å². The van der Waals surface area contributed by atoms with E-state index in [0.717, 1.165) is 28.0 Å². The first-order valence-electron chi connectivity index (χ1n) is 10.2. The van der Waals surface area contributed by atoms with E-state index in [4.69, 9.17) is 9.47 Å². The molecule has 0 radical (unpaired) electrons. The highest BCUT2D eigenvalue weighted by atomic mass is 16.6. The topological polar surface area (TPSA) is 67.9 Å². The summed E-state index contributed by atoms with van der Waals surface area (Å²) in [6.07, 6.45) is 1.69. The molecule has 150 valence electrons. The molecule has 0 amide bonds. The number of nitrogens with two attached hydrogens (primary N) is 1. The standard InChI is InChI=1S/C25H22N2O3/c28-25(20-15-26-21-11-5-4-10-19(20)21)24(17-8-2-1-3-9-17)27-14-18-16-29-22-12-6-7-13-23(22)30-18/h1-13,15,18,24,26-27H,14,16H2/p+1/t18-,24+/m1/s1. The molecule has 0 aliphatic carbocycles. The molecule has 5 heteroatoms. The van der Waals surface area contributed by atoms with Gasteiger partial charge in [0.2, 0.25) is 5.78 Å². The van der Waals surface area contributed by atoms with Crippen LogP contribution >= 0.6 is 0 Å². The molecule has 0 spiro atoms. The monoisotopic (exact) mass is 399 g/mol. The van der Waals surface area contributed by atoms with Crippen LogP contribution in [-0.2, 0) is 0 Å². The number of aromatic nitrogens is 1. The van der Waals surface area contributed by atoms with Gasteiger partial charge in [0.05, 0.1) is 0 Å². The van der Waals surface area contributed by atoms with Crippen molar-refractivity contribution in [1.29, 1.82) is 0 Å². The molecular weight excluding hydrogens is 376 g/mol. The largest absolute Gasteiger partial charge is 0.486 e. The third-order valence-corrected chi connectivity index (χ3v) is 5.50. The van der Waals surface area contributed by atoms with Gasteiger partial charge in [0.25, 0.3) is 0 Å². The summed E-state index contributed by atoms with van der Waals surface area (Å²) >= 11 is 0. The second-order valence-electron chi connectivity index (χ2n) is 7.47. The Morgan fingerprint density at radius 1 is 0.967 bits per heavy atom. The van der Waals surface area contributed by atoms with Crippen molar-refractivity contribution in [2.24, 2.45) is 0 Å². The van der Waals surface area contributed by atoms with Gasteiger partial charge < -0.3 is 19.8 Å². The van der Waals surface area contributed by atoms with E-state index in [1.807, 2.05) is 85.1 Å². The van der Waals surface area contributed by atoms with Crippen LogP contribution in [0.5, 0.6) is 11.5 Å². The summed E-state index contributed by atoms with van der Waals surface area (Å²) in [5.74, 6) is 1.60. The second kappa shape index (κ2) is 8.05. The highest BCUT2D eigenvalue weighted by Gasteiger charge is 2.30. The van der Waals surface area contributed by atoms with Crippen molar-refractivity contribution in [2.45, 2.75) is 12.1 Å². The average Bonchev–Trinajstić information content (AvgIpc) is 3.24. The molecule has 0 fully saturated rings. The Bertz CT molecular complexity index is 1170. The maximum absolute atomic E-state index is 13.6. The van der Waals surface area contributed by atoms with E-state index in [0.29, 0.717) is 18.7 Å². The molecule has 30 heavy (non-hydrogen) atoms. The third-order valence-electron chi connectivity index (χ3n) is 5.50. The van der Waals surface area contributed by atoms with E-state index in [-0.39, 0.29) is 17.9 Å². The van der Waals surface area contributed by atoms with Gasteiger partial charge in [-0.15, -0.1) is 0 Å². The Labute approximate surface area is 174 Å². The lowest BCUT2D eigenvalue weighted by molar-refractivity contribution is -0.686. The third kappa shape index (κ3) is 3.55. The smallest absolute Gasteiger partial charge is 0.226 e. The highest BCUT2D eigenvalue weighted by Crippen LogP contribution is 2.30. The van der Waals surface area contributed by atoms with Gasteiger partial charge in [-0.1, -0.05) is 60.7 Å². The van der Waals surface area contributed by atoms with Gasteiger partial charge in [0.1, 0.15) is 13.2 Å². The fraction of sp³-hybridized carbons (Fsp3) is 0.160. The Hall–Kier alpha value is -3.57. The first kappa shape index (κ1) is 18.5. The molecule has 0 bridgehead atoms. The molecule has 1 aliphatic heterocycles. The van der Waals surface area contributed by atoms with Crippen LogP contribution in [0.3, 0.4) is 0 Å². The quantitative estimate of drug-likeness (QED) is 0.488. The zero-order valence-corrected chi connectivity index (χ0v) is 16.5. The van der Waals surface area contributed by atoms with E-state index in [2.05, 4.69) is 10.3 Å². The summed E-state index contributed by atoms with van der Waals surface area (Å²) in [6.45, 7) is 1.08. The average molecular weight is 399 g/mol. The van der Waals surface area contributed by atoms with Crippen LogP contribution in [0.4, 0.5) is 0 Å². The molecule has 5 rings (SSSR count). The van der Waals surface area contributed by atoms with Crippen molar-refractivity contribution < 1.29 is 19.6 Å². The molecule has 5 nitrogen and oxygen atoms in total. The number of nitrogens with one attached hydrogen (secondary N) is 1. The number of fused-ring (bicyclic) bond motifs is 2. The molecule has 1 aliphatic rings. The fourth-order valence-electron chi connectivity index (χ4n) is 3.96. The summed E-state index contributed by atoms with van der Waals surface area (Å²) < 4.78 is 11.9. The van der Waals surface area contributed by atoms with Crippen LogP contribution in [0, 0.1) is 0 Å². The first-order valence-corrected chi connectivity index (χ1v) is 10.2. The Morgan fingerprint density at radius 2 is 1.70 bits per heavy atom. The van der Waals surface area contributed by atoms with Crippen molar-refractivity contribution in [2.75, 3.05) is 13.2 Å². The van der Waals surface area contributed by atoms with Gasteiger partial charge in [-0.25, -0.2) is 0 Å². The van der Waals surface area contributed by atoms with Gasteiger partial charge in [-0.05, 0) is 18.2 Å². The van der Waals surface area contributed by atoms with Crippen molar-refractivity contribution >= 4 is 16.7 Å². The van der Waals surface area contributed by atoms with E-state index < -0.39 is 0 Å². The number of aromatic amines is 1. The van der Waals surface area contributed by atoms with Gasteiger partial charge in [-0.3, -0.25) is 4.79 Å². The maximum atomic E-state index is 13.6. The van der Waals surface area contributed by atoms with Crippen LogP contribution in [0.2, 0.25) is 0 Å². The van der Waals surface area contributed by atoms with E-state index in [1.165, 1.54) is 0 Å². The molecule has 0 unspecified atom stereocenters. The molecule has 4 aromatic rings. The van der Waals surface area contributed by atoms with Crippen molar-refractivity contribution in [3.8, 4) is 11.5 Å². The molecule has 0 saturated heterocycles. The summed E-state index contributed by atoms with van der Waals surface area (Å²) in [5, 5.41) is 3.00. The Morgan fingerprint density at radius 3 is 2.57 bits per heavy atom. The Kier molecular flexibility index (Phi) is 4.95. The van der Waals surface area contributed by atoms with Gasteiger partial charge in [0.15, 0.2) is 23.6 Å². The van der Waals surface area contributed by atoms with Crippen LogP contribution in [0.1, 0.15) is 22.0 Å². The number of quaternary nitrogens is 1. The van der Waals surface area contributed by atoms with Crippen LogP contribution in [0.25, 0.3) is 10.9 Å². The van der Waals surface area contributed by atoms with E-state index >= 15 is 0 Å². The predicted octanol–water partition coefficient (Wildman–Crippen LogP) is 3.50. The number of hydrogen-bond acceptors (Lipinski definition) is 3. The number of carbonyl (C=O) groups excluding carboxylic acids is 1. The van der Waals surface area contributed by atoms with E-state index in [1.54, 1.807) is 0 Å². The lowest BCUT2D eigenvalue weighted by Crippen LogP contribution is -2.89. The normalized spacial score (nSPS) is 16.3. The second-order valence-corrected chi connectivity index (χ2v) is 7.47. The lowest BCUT2D eigenvalue weighted by Gasteiger charge is -2.26. The first-order chi connectivity index (χ1) is 14.8. The number of rotatable bonds is 6. The predicted molar refractivity (Wildman–Crippen MR) is 115 cm³/mol. The molecule has 1 aromatic heterocycles. The lowest BCUT2D eigenvalue weighted by atomic mass is 9.97. The number of Topliss-reactive ketones (excluding diaryl/α,β-unsaturated/α-hetero) is 1. The van der Waals surface area contributed by atoms with Crippen LogP contribution in [-0.4, -0.2) is 30.0 Å². The van der Waals surface area contributed by atoms with Gasteiger partial charge >= 0.3 is 0 Å². The minimum Gasteiger partial charge on any atom is -0.486 e. The van der Waals surface area contributed by atoms with Crippen LogP contribution in [0.15, 0.2) is 85.1 Å². The number of para-hydroxylation sites is 3. The molecule has 2 heterocycles. The summed E-state index contributed by atoms with van der Waals surface area (Å²) in [7, 11) is 0. The van der Waals surface area contributed by atoms with Gasteiger partial charge in [0, 0.05) is 28.2 Å². The number of hydrogen-bond donors (Lipinski definition) is 2. The van der Waals surface area contributed by atoms with Crippen molar-refractivity contribution in [3.05, 3.63) is 96.2 Å². The summed E-state index contributed by atoms with van der Waals surface area (Å²) in [4.78, 5) is 16.8. The fourth-order valence-corrected chi connectivity index (χ4v) is 3.96. The number of benzene rings is 3. The Balaban J connectivity index is 1.39. The zero-order chi connectivity index (χ0) is 20.3. The van der Waals surface area contributed by atoms with Gasteiger partial charge in [-0.2, -0.15) is 0 Å².